The van der Waals surface area contributed by atoms with Crippen molar-refractivity contribution in [3.05, 3.63) is 99.7 Å². The number of pyridine rings is 1. The Balaban J connectivity index is 1.52. The van der Waals surface area contributed by atoms with Gasteiger partial charge in [-0.3, -0.25) is 4.79 Å². The Morgan fingerprint density at radius 3 is 2.47 bits per heavy atom. The summed E-state index contributed by atoms with van der Waals surface area (Å²) < 4.78 is 16.4. The van der Waals surface area contributed by atoms with Gasteiger partial charge in [0, 0.05) is 16.0 Å². The van der Waals surface area contributed by atoms with Gasteiger partial charge in [0.05, 0.1) is 31.0 Å². The summed E-state index contributed by atoms with van der Waals surface area (Å²) in [4.78, 5) is 31.1. The first kappa shape index (κ1) is 25.5. The SMILES string of the molecule is COc1ccc(C=C2CCCc3c2nc2ccccc2c3C(=O)OCC(=O)c2ccc(Cl)cc2)cc1OC. The van der Waals surface area contributed by atoms with E-state index in [0.717, 1.165) is 35.2 Å². The maximum atomic E-state index is 13.5. The predicted molar refractivity (Wildman–Crippen MR) is 148 cm³/mol. The molecule has 0 aliphatic heterocycles. The summed E-state index contributed by atoms with van der Waals surface area (Å²) in [6.45, 7) is -0.361. The average Bonchev–Trinajstić information content (AvgIpc) is 2.95. The van der Waals surface area contributed by atoms with Crippen LogP contribution in [0, 0.1) is 0 Å². The number of benzene rings is 3. The number of carbonyl (C=O) groups is 2. The lowest BCUT2D eigenvalue weighted by atomic mass is 9.86. The number of rotatable bonds is 7. The average molecular weight is 528 g/mol. The van der Waals surface area contributed by atoms with Gasteiger partial charge in [0.2, 0.25) is 0 Å². The molecular weight excluding hydrogens is 502 g/mol. The molecule has 38 heavy (non-hydrogen) atoms. The third-order valence-corrected chi connectivity index (χ3v) is 6.88. The van der Waals surface area contributed by atoms with Crippen LogP contribution >= 0.6 is 11.6 Å². The van der Waals surface area contributed by atoms with E-state index in [1.54, 1.807) is 38.5 Å². The molecule has 0 N–H and O–H groups in total. The van der Waals surface area contributed by atoms with Gasteiger partial charge >= 0.3 is 5.97 Å². The molecule has 1 aliphatic rings. The van der Waals surface area contributed by atoms with Crippen molar-refractivity contribution in [1.82, 2.24) is 4.98 Å². The van der Waals surface area contributed by atoms with E-state index in [-0.39, 0.29) is 12.4 Å². The number of Topliss-reactive ketones (excluding diaryl/α,β-unsaturated/α-hetero) is 1. The lowest BCUT2D eigenvalue weighted by Crippen LogP contribution is -2.18. The summed E-state index contributed by atoms with van der Waals surface area (Å²) in [6, 6.07) is 19.8. The van der Waals surface area contributed by atoms with Crippen molar-refractivity contribution in [3.63, 3.8) is 0 Å². The third kappa shape index (κ3) is 5.13. The Hall–Kier alpha value is -4.16. The largest absolute Gasteiger partial charge is 0.493 e. The van der Waals surface area contributed by atoms with E-state index in [0.29, 0.717) is 45.0 Å². The molecule has 7 heteroatoms. The molecule has 6 nitrogen and oxygen atoms in total. The van der Waals surface area contributed by atoms with Crippen molar-refractivity contribution < 1.29 is 23.8 Å². The summed E-state index contributed by atoms with van der Waals surface area (Å²) in [5.41, 5.74) is 5.18. The quantitative estimate of drug-likeness (QED) is 0.194. The first-order valence-electron chi connectivity index (χ1n) is 12.3. The van der Waals surface area contributed by atoms with Crippen molar-refractivity contribution in [2.45, 2.75) is 19.3 Å². The van der Waals surface area contributed by atoms with E-state index in [4.69, 9.17) is 30.8 Å². The number of fused-ring (bicyclic) bond motifs is 2. The van der Waals surface area contributed by atoms with E-state index in [2.05, 4.69) is 6.08 Å². The molecule has 1 heterocycles. The molecule has 0 saturated heterocycles. The highest BCUT2D eigenvalue weighted by molar-refractivity contribution is 6.30. The molecule has 4 aromatic rings. The van der Waals surface area contributed by atoms with Crippen LogP contribution in [0.25, 0.3) is 22.6 Å². The Labute approximate surface area is 225 Å². The zero-order chi connectivity index (χ0) is 26.6. The maximum absolute atomic E-state index is 13.5. The van der Waals surface area contributed by atoms with Crippen LogP contribution < -0.4 is 9.47 Å². The van der Waals surface area contributed by atoms with Gasteiger partial charge in [-0.2, -0.15) is 0 Å². The molecule has 0 unspecified atom stereocenters. The first-order valence-corrected chi connectivity index (χ1v) is 12.7. The lowest BCUT2D eigenvalue weighted by Gasteiger charge is -2.22. The molecule has 0 fully saturated rings. The van der Waals surface area contributed by atoms with Crippen LogP contribution in [0.5, 0.6) is 11.5 Å². The zero-order valence-electron chi connectivity index (χ0n) is 21.1. The zero-order valence-corrected chi connectivity index (χ0v) is 21.9. The van der Waals surface area contributed by atoms with Crippen LogP contribution in [-0.4, -0.2) is 37.6 Å². The minimum absolute atomic E-state index is 0.295. The predicted octanol–water partition coefficient (Wildman–Crippen LogP) is 6.82. The van der Waals surface area contributed by atoms with Crippen LogP contribution in [0.3, 0.4) is 0 Å². The highest BCUT2D eigenvalue weighted by atomic mass is 35.5. The molecule has 5 rings (SSSR count). The number of ether oxygens (including phenoxy) is 3. The second-order valence-corrected chi connectivity index (χ2v) is 9.41. The van der Waals surface area contributed by atoms with Crippen molar-refractivity contribution in [1.29, 1.82) is 0 Å². The number of aromatic nitrogens is 1. The van der Waals surface area contributed by atoms with Crippen LogP contribution in [0.1, 0.15) is 50.4 Å². The van der Waals surface area contributed by atoms with Gasteiger partial charge in [0.1, 0.15) is 0 Å². The number of methoxy groups -OCH3 is 2. The second-order valence-electron chi connectivity index (χ2n) is 8.97. The van der Waals surface area contributed by atoms with E-state index < -0.39 is 5.97 Å². The smallest absolute Gasteiger partial charge is 0.339 e. The summed E-state index contributed by atoms with van der Waals surface area (Å²) in [6.07, 6.45) is 4.43. The fourth-order valence-electron chi connectivity index (χ4n) is 4.77. The third-order valence-electron chi connectivity index (χ3n) is 6.62. The molecule has 0 saturated carbocycles. The first-order chi connectivity index (χ1) is 18.5. The van der Waals surface area contributed by atoms with Crippen LogP contribution in [0.4, 0.5) is 0 Å². The van der Waals surface area contributed by atoms with Gasteiger partial charge in [0.15, 0.2) is 23.9 Å². The number of esters is 1. The monoisotopic (exact) mass is 527 g/mol. The standard InChI is InChI=1S/C31H26ClNO5/c1-36-27-15-10-19(17-28(27)37-2)16-21-6-5-8-24-29(23-7-3-4-9-25(23)33-30(21)24)31(35)38-18-26(34)20-11-13-22(32)14-12-20/h3-4,7,9-17H,5-6,8,18H2,1-2H3. The molecule has 0 spiro atoms. The van der Waals surface area contributed by atoms with Crippen LogP contribution in [0.15, 0.2) is 66.7 Å². The highest BCUT2D eigenvalue weighted by Gasteiger charge is 2.26. The molecule has 0 atom stereocenters. The maximum Gasteiger partial charge on any atom is 0.339 e. The molecular formula is C31H26ClNO5. The van der Waals surface area contributed by atoms with Crippen molar-refractivity contribution in [2.24, 2.45) is 0 Å². The fourth-order valence-corrected chi connectivity index (χ4v) is 4.90. The van der Waals surface area contributed by atoms with Gasteiger partial charge in [-0.15, -0.1) is 0 Å². The van der Waals surface area contributed by atoms with Crippen molar-refractivity contribution in [2.75, 3.05) is 20.8 Å². The number of hydrogen-bond donors (Lipinski definition) is 0. The summed E-state index contributed by atoms with van der Waals surface area (Å²) >= 11 is 5.92. The van der Waals surface area contributed by atoms with Gasteiger partial charge in [-0.05, 0) is 84.5 Å². The number of hydrogen-bond acceptors (Lipinski definition) is 6. The fraction of sp³-hybridized carbons (Fsp3) is 0.194. The number of allylic oxidation sites excluding steroid dienone is 1. The minimum atomic E-state index is -0.533. The highest BCUT2D eigenvalue weighted by Crippen LogP contribution is 2.37. The number of carbonyl (C=O) groups excluding carboxylic acids is 2. The summed E-state index contributed by atoms with van der Waals surface area (Å²) in [5.74, 6) is 0.464. The van der Waals surface area contributed by atoms with Crippen LogP contribution in [0.2, 0.25) is 5.02 Å². The van der Waals surface area contributed by atoms with Crippen LogP contribution in [-0.2, 0) is 11.2 Å². The van der Waals surface area contributed by atoms with E-state index in [1.165, 1.54) is 0 Å². The van der Waals surface area contributed by atoms with Crippen molar-refractivity contribution in [3.8, 4) is 11.5 Å². The van der Waals surface area contributed by atoms with Gasteiger partial charge in [0.25, 0.3) is 0 Å². The summed E-state index contributed by atoms with van der Waals surface area (Å²) in [7, 11) is 3.21. The summed E-state index contributed by atoms with van der Waals surface area (Å²) in [5, 5.41) is 1.24. The normalized spacial score (nSPS) is 13.7. The Kier molecular flexibility index (Phi) is 7.43. The van der Waals surface area contributed by atoms with E-state index >= 15 is 0 Å². The lowest BCUT2D eigenvalue weighted by molar-refractivity contribution is 0.0475. The van der Waals surface area contributed by atoms with E-state index in [9.17, 15) is 9.59 Å². The Morgan fingerprint density at radius 2 is 1.71 bits per heavy atom. The van der Waals surface area contributed by atoms with E-state index in [1.807, 2.05) is 42.5 Å². The second kappa shape index (κ2) is 11.1. The molecule has 0 bridgehead atoms. The number of nitrogens with zero attached hydrogens (tertiary/aromatic N) is 1. The molecule has 1 aliphatic carbocycles. The number of halogens is 1. The molecule has 1 aromatic heterocycles. The van der Waals surface area contributed by atoms with Gasteiger partial charge in [-0.25, -0.2) is 9.78 Å². The number of para-hydroxylation sites is 1. The molecule has 0 amide bonds. The molecule has 192 valence electrons. The van der Waals surface area contributed by atoms with Gasteiger partial charge < -0.3 is 14.2 Å². The molecule has 0 radical (unpaired) electrons. The van der Waals surface area contributed by atoms with Gasteiger partial charge in [-0.1, -0.05) is 35.9 Å². The van der Waals surface area contributed by atoms with Crippen molar-refractivity contribution >= 4 is 45.9 Å². The molecule has 3 aromatic carbocycles. The Bertz CT molecular complexity index is 1560. The number of ketones is 1. The topological polar surface area (TPSA) is 74.7 Å². The Morgan fingerprint density at radius 1 is 0.947 bits per heavy atom. The minimum Gasteiger partial charge on any atom is -0.493 e.